The molecule has 2 N–H and O–H groups in total. The van der Waals surface area contributed by atoms with E-state index >= 15 is 0 Å². The number of hydrogen-bond donors (Lipinski definition) is 2. The average molecular weight is 216 g/mol. The van der Waals surface area contributed by atoms with Crippen molar-refractivity contribution in [3.63, 3.8) is 0 Å². The van der Waals surface area contributed by atoms with Gasteiger partial charge in [-0.05, 0) is 0 Å². The first-order chi connectivity index (χ1) is 6.95. The van der Waals surface area contributed by atoms with Crippen LogP contribution in [0.5, 0.6) is 0 Å². The highest BCUT2D eigenvalue weighted by molar-refractivity contribution is 5.78. The summed E-state index contributed by atoms with van der Waals surface area (Å²) < 4.78 is 5.01. The Morgan fingerprint density at radius 1 is 0.933 bits per heavy atom. The normalized spacial score (nSPS) is 10.5. The van der Waals surface area contributed by atoms with Crippen LogP contribution in [0.15, 0.2) is 0 Å². The molecule has 0 bridgehead atoms. The molecule has 15 heavy (non-hydrogen) atoms. The van der Waals surface area contributed by atoms with Crippen LogP contribution >= 0.6 is 0 Å². The van der Waals surface area contributed by atoms with Crippen LogP contribution in [0, 0.1) is 11.8 Å². The van der Waals surface area contributed by atoms with Crippen LogP contribution in [-0.2, 0) is 14.3 Å². The quantitative estimate of drug-likeness (QED) is 0.501. The highest BCUT2D eigenvalue weighted by atomic mass is 16.5. The SMILES string of the molecule is CC(C)C(=O)NCOCNC(=O)C(C)C. The van der Waals surface area contributed by atoms with Gasteiger partial charge in [0.05, 0.1) is 0 Å². The van der Waals surface area contributed by atoms with Crippen LogP contribution in [0.25, 0.3) is 0 Å². The second kappa shape index (κ2) is 7.23. The summed E-state index contributed by atoms with van der Waals surface area (Å²) in [7, 11) is 0. The highest BCUT2D eigenvalue weighted by Gasteiger charge is 2.06. The van der Waals surface area contributed by atoms with Gasteiger partial charge >= 0.3 is 0 Å². The maximum Gasteiger partial charge on any atom is 0.224 e. The minimum atomic E-state index is -0.0646. The molecule has 0 atom stereocenters. The summed E-state index contributed by atoms with van der Waals surface area (Å²) in [6, 6.07) is 0. The fourth-order valence-electron chi connectivity index (χ4n) is 0.704. The molecule has 0 saturated heterocycles. The number of carbonyl (C=O) groups excluding carboxylic acids is 2. The van der Waals surface area contributed by atoms with Crippen molar-refractivity contribution in [3.8, 4) is 0 Å². The summed E-state index contributed by atoms with van der Waals surface area (Å²) in [5.41, 5.74) is 0. The smallest absolute Gasteiger partial charge is 0.224 e. The molecule has 0 aromatic heterocycles. The van der Waals surface area contributed by atoms with E-state index in [2.05, 4.69) is 10.6 Å². The molecule has 0 aromatic carbocycles. The van der Waals surface area contributed by atoms with Gasteiger partial charge in [-0.2, -0.15) is 0 Å². The van der Waals surface area contributed by atoms with Crippen molar-refractivity contribution >= 4 is 11.8 Å². The predicted molar refractivity (Wildman–Crippen MR) is 56.8 cm³/mol. The standard InChI is InChI=1S/C10H20N2O3/c1-7(2)9(13)11-5-15-6-12-10(14)8(3)4/h7-8H,5-6H2,1-4H3,(H,11,13)(H,12,14). The van der Waals surface area contributed by atoms with E-state index in [9.17, 15) is 9.59 Å². The van der Waals surface area contributed by atoms with Crippen molar-refractivity contribution in [2.24, 2.45) is 11.8 Å². The molecule has 0 rings (SSSR count). The molecule has 2 amide bonds. The molecule has 0 fully saturated rings. The third-order valence-electron chi connectivity index (χ3n) is 1.75. The Balaban J connectivity index is 3.40. The molecule has 0 heterocycles. The van der Waals surface area contributed by atoms with Crippen molar-refractivity contribution in [1.82, 2.24) is 10.6 Å². The molecule has 0 aliphatic heterocycles. The fraction of sp³-hybridized carbons (Fsp3) is 0.800. The minimum absolute atomic E-state index is 0.0566. The van der Waals surface area contributed by atoms with Gasteiger partial charge in [-0.3, -0.25) is 9.59 Å². The average Bonchev–Trinajstić information content (AvgIpc) is 2.16. The lowest BCUT2D eigenvalue weighted by atomic mass is 10.2. The molecule has 0 unspecified atom stereocenters. The van der Waals surface area contributed by atoms with Crippen LogP contribution in [0.4, 0.5) is 0 Å². The number of nitrogens with one attached hydrogen (secondary N) is 2. The van der Waals surface area contributed by atoms with Gasteiger partial charge in [-0.15, -0.1) is 0 Å². The van der Waals surface area contributed by atoms with E-state index in [0.29, 0.717) is 0 Å². The van der Waals surface area contributed by atoms with E-state index in [1.807, 2.05) is 0 Å². The highest BCUT2D eigenvalue weighted by Crippen LogP contribution is 1.90. The zero-order chi connectivity index (χ0) is 11.8. The molecule has 0 aromatic rings. The molecule has 0 aliphatic rings. The van der Waals surface area contributed by atoms with Crippen LogP contribution in [0.3, 0.4) is 0 Å². The van der Waals surface area contributed by atoms with E-state index in [4.69, 9.17) is 4.74 Å². The third kappa shape index (κ3) is 6.90. The van der Waals surface area contributed by atoms with Gasteiger partial charge in [0.15, 0.2) is 0 Å². The number of rotatable bonds is 6. The second-order valence-electron chi connectivity index (χ2n) is 3.88. The maximum absolute atomic E-state index is 11.1. The molecule has 0 aliphatic carbocycles. The van der Waals surface area contributed by atoms with Crippen LogP contribution < -0.4 is 10.6 Å². The summed E-state index contributed by atoms with van der Waals surface area (Å²) in [5.74, 6) is -0.243. The zero-order valence-corrected chi connectivity index (χ0v) is 9.79. The molecule has 0 saturated carbocycles. The fourth-order valence-corrected chi connectivity index (χ4v) is 0.704. The zero-order valence-electron chi connectivity index (χ0n) is 9.79. The first-order valence-corrected chi connectivity index (χ1v) is 5.08. The first kappa shape index (κ1) is 13.9. The Morgan fingerprint density at radius 3 is 1.53 bits per heavy atom. The molecule has 0 spiro atoms. The molecule has 5 heteroatoms. The van der Waals surface area contributed by atoms with Gasteiger partial charge in [0.2, 0.25) is 11.8 Å². The molecular formula is C10H20N2O3. The Bertz CT molecular complexity index is 193. The maximum atomic E-state index is 11.1. The first-order valence-electron chi connectivity index (χ1n) is 5.08. The lowest BCUT2D eigenvalue weighted by Gasteiger charge is -2.10. The van der Waals surface area contributed by atoms with Gasteiger partial charge in [-0.1, -0.05) is 27.7 Å². The van der Waals surface area contributed by atoms with Gasteiger partial charge in [0, 0.05) is 11.8 Å². The van der Waals surface area contributed by atoms with Crippen LogP contribution in [0.1, 0.15) is 27.7 Å². The molecule has 5 nitrogen and oxygen atoms in total. The summed E-state index contributed by atoms with van der Waals surface area (Å²) >= 11 is 0. The second-order valence-corrected chi connectivity index (χ2v) is 3.88. The van der Waals surface area contributed by atoms with E-state index in [-0.39, 0.29) is 37.1 Å². The number of amides is 2. The van der Waals surface area contributed by atoms with Gasteiger partial charge in [0.25, 0.3) is 0 Å². The van der Waals surface area contributed by atoms with Crippen molar-refractivity contribution in [1.29, 1.82) is 0 Å². The Kier molecular flexibility index (Phi) is 6.70. The Labute approximate surface area is 90.6 Å². The molecular weight excluding hydrogens is 196 g/mol. The summed E-state index contributed by atoms with van der Waals surface area (Å²) in [6.07, 6.45) is 0. The summed E-state index contributed by atoms with van der Waals surface area (Å²) in [6.45, 7) is 7.45. The van der Waals surface area contributed by atoms with E-state index in [1.54, 1.807) is 27.7 Å². The lowest BCUT2D eigenvalue weighted by molar-refractivity contribution is -0.127. The van der Waals surface area contributed by atoms with Gasteiger partial charge in [-0.25, -0.2) is 0 Å². The Hall–Kier alpha value is -1.10. The monoisotopic (exact) mass is 216 g/mol. The lowest BCUT2D eigenvalue weighted by Crippen LogP contribution is -2.34. The summed E-state index contributed by atoms with van der Waals surface area (Å²) in [5, 5.41) is 5.15. The number of carbonyl (C=O) groups is 2. The number of ether oxygens (including phenoxy) is 1. The molecule has 88 valence electrons. The molecule has 0 radical (unpaired) electrons. The van der Waals surface area contributed by atoms with E-state index in [0.717, 1.165) is 0 Å². The van der Waals surface area contributed by atoms with Crippen molar-refractivity contribution in [2.45, 2.75) is 27.7 Å². The largest absolute Gasteiger partial charge is 0.341 e. The van der Waals surface area contributed by atoms with Crippen molar-refractivity contribution in [2.75, 3.05) is 13.5 Å². The van der Waals surface area contributed by atoms with Crippen molar-refractivity contribution < 1.29 is 14.3 Å². The van der Waals surface area contributed by atoms with Crippen molar-refractivity contribution in [3.05, 3.63) is 0 Å². The van der Waals surface area contributed by atoms with Crippen LogP contribution in [-0.4, -0.2) is 25.3 Å². The minimum Gasteiger partial charge on any atom is -0.341 e. The summed E-state index contributed by atoms with van der Waals surface area (Å²) in [4.78, 5) is 22.1. The number of hydrogen-bond acceptors (Lipinski definition) is 3. The van der Waals surface area contributed by atoms with Crippen LogP contribution in [0.2, 0.25) is 0 Å². The van der Waals surface area contributed by atoms with Gasteiger partial charge in [0.1, 0.15) is 13.5 Å². The Morgan fingerprint density at radius 2 is 1.27 bits per heavy atom. The van der Waals surface area contributed by atoms with E-state index in [1.165, 1.54) is 0 Å². The predicted octanol–water partition coefficient (Wildman–Crippen LogP) is 0.462. The third-order valence-corrected chi connectivity index (χ3v) is 1.75. The van der Waals surface area contributed by atoms with E-state index < -0.39 is 0 Å². The van der Waals surface area contributed by atoms with Gasteiger partial charge < -0.3 is 15.4 Å². The topological polar surface area (TPSA) is 67.4 Å².